The highest BCUT2D eigenvalue weighted by Crippen LogP contribution is 2.16. The second kappa shape index (κ2) is 9.06. The Morgan fingerprint density at radius 1 is 1.09 bits per heavy atom. The van der Waals surface area contributed by atoms with Crippen molar-refractivity contribution >= 4 is 23.0 Å². The van der Waals surface area contributed by atoms with Crippen molar-refractivity contribution in [2.24, 2.45) is 5.73 Å². The summed E-state index contributed by atoms with van der Waals surface area (Å²) >= 11 is 0. The molecule has 0 aliphatic rings. The van der Waals surface area contributed by atoms with E-state index in [2.05, 4.69) is 17.4 Å². The average molecular weight is 312 g/mol. The normalized spacial score (nSPS) is 12.0. The molecule has 0 heterocycles. The summed E-state index contributed by atoms with van der Waals surface area (Å²) in [5.74, 6) is -0.0695. The molecule has 0 radical (unpaired) electrons. The molecule has 3 N–H and O–H groups in total. The summed E-state index contributed by atoms with van der Waals surface area (Å²) in [5.41, 5.74) is 6.47. The minimum Gasteiger partial charge on any atom is -0.346 e. The molecule has 0 aliphatic heterocycles. The van der Waals surface area contributed by atoms with Gasteiger partial charge in [0.15, 0.2) is 0 Å². The fraction of sp³-hybridized carbons (Fsp3) is 0.368. The van der Waals surface area contributed by atoms with Crippen LogP contribution in [0.3, 0.4) is 0 Å². The smallest absolute Gasteiger partial charge is 0.220 e. The molecular weight excluding hydrogens is 288 g/mol. The number of nitrogens with two attached hydrogens (primary N) is 1. The number of unbranched alkanes of at least 4 members (excludes halogenated alkanes) is 2. The van der Waals surface area contributed by atoms with E-state index in [4.69, 9.17) is 5.73 Å². The number of carbonyl (C=O) groups is 2. The molecule has 0 saturated carbocycles. The molecular formula is C19H24N2O2. The van der Waals surface area contributed by atoms with Crippen LogP contribution in [0.15, 0.2) is 42.5 Å². The Morgan fingerprint density at radius 2 is 1.87 bits per heavy atom. The number of hydrogen-bond donors (Lipinski definition) is 2. The van der Waals surface area contributed by atoms with Gasteiger partial charge in [-0.3, -0.25) is 4.79 Å². The summed E-state index contributed by atoms with van der Waals surface area (Å²) in [6, 6.07) is 13.7. The zero-order valence-corrected chi connectivity index (χ0v) is 13.3. The van der Waals surface area contributed by atoms with Gasteiger partial charge in [0.2, 0.25) is 5.91 Å². The summed E-state index contributed by atoms with van der Waals surface area (Å²) in [6.07, 6.45) is 4.46. The monoisotopic (exact) mass is 312 g/mol. The van der Waals surface area contributed by atoms with Crippen molar-refractivity contribution in [1.29, 1.82) is 0 Å². The topological polar surface area (TPSA) is 72.2 Å². The van der Waals surface area contributed by atoms with Gasteiger partial charge in [-0.15, -0.1) is 0 Å². The molecule has 122 valence electrons. The zero-order chi connectivity index (χ0) is 16.5. The second-order valence-electron chi connectivity index (χ2n) is 5.80. The van der Waals surface area contributed by atoms with Gasteiger partial charge in [-0.2, -0.15) is 0 Å². The van der Waals surface area contributed by atoms with Crippen LogP contribution in [-0.4, -0.2) is 24.8 Å². The molecule has 2 rings (SSSR count). The first kappa shape index (κ1) is 17.2. The maximum atomic E-state index is 11.9. The van der Waals surface area contributed by atoms with Crippen molar-refractivity contribution in [3.63, 3.8) is 0 Å². The van der Waals surface area contributed by atoms with Crippen LogP contribution in [0, 0.1) is 0 Å². The number of aldehydes is 1. The standard InChI is InChI=1S/C19H24N2O2/c20-11-5-1-2-8-19(23)21-18(14-22)13-15-9-10-16-6-3-4-7-17(16)12-15/h3-4,6-7,9-10,12,14,18H,1-2,5,8,11,13,20H2,(H,21,23). The zero-order valence-electron chi connectivity index (χ0n) is 13.3. The van der Waals surface area contributed by atoms with Crippen LogP contribution >= 0.6 is 0 Å². The molecule has 1 atom stereocenters. The molecule has 0 aromatic heterocycles. The maximum absolute atomic E-state index is 11.9. The molecule has 0 fully saturated rings. The predicted octanol–water partition coefficient (Wildman–Crippen LogP) is 2.59. The number of nitrogens with one attached hydrogen (secondary N) is 1. The van der Waals surface area contributed by atoms with E-state index in [0.29, 0.717) is 19.4 Å². The van der Waals surface area contributed by atoms with E-state index in [1.165, 1.54) is 5.39 Å². The van der Waals surface area contributed by atoms with Gasteiger partial charge in [-0.05, 0) is 42.1 Å². The van der Waals surface area contributed by atoms with Crippen molar-refractivity contribution < 1.29 is 9.59 Å². The Kier molecular flexibility index (Phi) is 6.76. The number of hydrogen-bond acceptors (Lipinski definition) is 3. The lowest BCUT2D eigenvalue weighted by Gasteiger charge is -2.13. The lowest BCUT2D eigenvalue weighted by molar-refractivity contribution is -0.124. The third-order valence-corrected chi connectivity index (χ3v) is 3.89. The first-order chi connectivity index (χ1) is 11.2. The van der Waals surface area contributed by atoms with Crippen molar-refractivity contribution in [3.05, 3.63) is 48.0 Å². The van der Waals surface area contributed by atoms with Gasteiger partial charge in [0, 0.05) is 6.42 Å². The average Bonchev–Trinajstić information content (AvgIpc) is 2.58. The van der Waals surface area contributed by atoms with Crippen LogP contribution in [0.2, 0.25) is 0 Å². The lowest BCUT2D eigenvalue weighted by Crippen LogP contribution is -2.37. The van der Waals surface area contributed by atoms with E-state index in [-0.39, 0.29) is 5.91 Å². The molecule has 4 nitrogen and oxygen atoms in total. The predicted molar refractivity (Wildman–Crippen MR) is 93.2 cm³/mol. The van der Waals surface area contributed by atoms with Crippen molar-refractivity contribution in [2.75, 3.05) is 6.54 Å². The summed E-state index contributed by atoms with van der Waals surface area (Å²) < 4.78 is 0. The van der Waals surface area contributed by atoms with E-state index < -0.39 is 6.04 Å². The SMILES string of the molecule is NCCCCCC(=O)NC(C=O)Cc1ccc2ccccc2c1. The first-order valence-electron chi connectivity index (χ1n) is 8.15. The molecule has 2 aromatic carbocycles. The highest BCUT2D eigenvalue weighted by molar-refractivity contribution is 5.83. The second-order valence-corrected chi connectivity index (χ2v) is 5.80. The van der Waals surface area contributed by atoms with Crippen molar-refractivity contribution in [3.8, 4) is 0 Å². The molecule has 0 saturated heterocycles. The number of carbonyl (C=O) groups excluding carboxylic acids is 2. The highest BCUT2D eigenvalue weighted by Gasteiger charge is 2.12. The first-order valence-corrected chi connectivity index (χ1v) is 8.15. The van der Waals surface area contributed by atoms with Crippen LogP contribution in [0.5, 0.6) is 0 Å². The highest BCUT2D eigenvalue weighted by atomic mass is 16.2. The van der Waals surface area contributed by atoms with Crippen LogP contribution in [0.1, 0.15) is 31.2 Å². The maximum Gasteiger partial charge on any atom is 0.220 e. The summed E-state index contributed by atoms with van der Waals surface area (Å²) in [6.45, 7) is 0.653. The van der Waals surface area contributed by atoms with E-state index in [9.17, 15) is 9.59 Å². The quantitative estimate of drug-likeness (QED) is 0.552. The van der Waals surface area contributed by atoms with E-state index >= 15 is 0 Å². The Hall–Kier alpha value is -2.20. The third-order valence-electron chi connectivity index (χ3n) is 3.89. The molecule has 2 aromatic rings. The van der Waals surface area contributed by atoms with Gasteiger partial charge in [0.05, 0.1) is 6.04 Å². The molecule has 23 heavy (non-hydrogen) atoms. The molecule has 0 bridgehead atoms. The molecule has 1 unspecified atom stereocenters. The number of amides is 1. The van der Waals surface area contributed by atoms with Crippen molar-refractivity contribution in [1.82, 2.24) is 5.32 Å². The van der Waals surface area contributed by atoms with Gasteiger partial charge < -0.3 is 15.8 Å². The molecule has 1 amide bonds. The number of fused-ring (bicyclic) bond motifs is 1. The fourth-order valence-corrected chi connectivity index (χ4v) is 2.64. The van der Waals surface area contributed by atoms with Gasteiger partial charge in [-0.1, -0.05) is 48.9 Å². The largest absolute Gasteiger partial charge is 0.346 e. The van der Waals surface area contributed by atoms with Crippen molar-refractivity contribution in [2.45, 2.75) is 38.1 Å². The van der Waals surface area contributed by atoms with Crippen LogP contribution < -0.4 is 11.1 Å². The Morgan fingerprint density at radius 3 is 2.61 bits per heavy atom. The fourth-order valence-electron chi connectivity index (χ4n) is 2.64. The molecule has 4 heteroatoms. The lowest BCUT2D eigenvalue weighted by atomic mass is 10.0. The summed E-state index contributed by atoms with van der Waals surface area (Å²) in [7, 11) is 0. The van der Waals surface area contributed by atoms with Gasteiger partial charge in [0.25, 0.3) is 0 Å². The molecule has 0 spiro atoms. The van der Waals surface area contributed by atoms with Gasteiger partial charge in [-0.25, -0.2) is 0 Å². The Bertz CT molecular complexity index is 655. The van der Waals surface area contributed by atoms with E-state index in [1.54, 1.807) is 0 Å². The van der Waals surface area contributed by atoms with E-state index in [1.807, 2.05) is 30.3 Å². The Labute approximate surface area is 137 Å². The molecule has 0 aliphatic carbocycles. The van der Waals surface area contributed by atoms with Crippen LogP contribution in [-0.2, 0) is 16.0 Å². The van der Waals surface area contributed by atoms with E-state index in [0.717, 1.165) is 36.5 Å². The van der Waals surface area contributed by atoms with Gasteiger partial charge >= 0.3 is 0 Å². The third kappa shape index (κ3) is 5.49. The number of rotatable bonds is 9. The minimum atomic E-state index is -0.474. The van der Waals surface area contributed by atoms with Gasteiger partial charge in [0.1, 0.15) is 6.29 Å². The van der Waals surface area contributed by atoms with Crippen LogP contribution in [0.4, 0.5) is 0 Å². The Balaban J connectivity index is 1.90. The number of benzene rings is 2. The summed E-state index contributed by atoms with van der Waals surface area (Å²) in [5, 5.41) is 5.11. The summed E-state index contributed by atoms with van der Waals surface area (Å²) in [4.78, 5) is 23.1. The van der Waals surface area contributed by atoms with Crippen LogP contribution in [0.25, 0.3) is 10.8 Å². The minimum absolute atomic E-state index is 0.0695.